The number of nitrogens with one attached hydrogen (secondary N) is 1. The summed E-state index contributed by atoms with van der Waals surface area (Å²) < 4.78 is 4.64. The second-order valence-electron chi connectivity index (χ2n) is 5.00. The minimum atomic E-state index is -0.990. The zero-order valence-electron chi connectivity index (χ0n) is 12.6. The fraction of sp³-hybridized carbons (Fsp3) is 0.375. The van der Waals surface area contributed by atoms with Crippen molar-refractivity contribution < 1.29 is 14.3 Å². The van der Waals surface area contributed by atoms with Gasteiger partial charge in [-0.3, -0.25) is 4.79 Å². The SMILES string of the molecule is COC(=O)C(C)(C)NC(=O)CCS/C=C\c1ccccc1. The van der Waals surface area contributed by atoms with Gasteiger partial charge in [0.25, 0.3) is 0 Å². The molecule has 0 atom stereocenters. The Morgan fingerprint density at radius 3 is 2.57 bits per heavy atom. The fourth-order valence-corrected chi connectivity index (χ4v) is 2.32. The summed E-state index contributed by atoms with van der Waals surface area (Å²) >= 11 is 1.56. The molecule has 21 heavy (non-hydrogen) atoms. The van der Waals surface area contributed by atoms with E-state index in [0.29, 0.717) is 12.2 Å². The van der Waals surface area contributed by atoms with Gasteiger partial charge in [-0.25, -0.2) is 4.79 Å². The lowest BCUT2D eigenvalue weighted by Gasteiger charge is -2.22. The second-order valence-corrected chi connectivity index (χ2v) is 6.01. The topological polar surface area (TPSA) is 55.4 Å². The number of rotatable bonds is 7. The molecule has 0 unspecified atom stereocenters. The van der Waals surface area contributed by atoms with E-state index in [-0.39, 0.29) is 5.91 Å². The molecule has 0 aliphatic rings. The van der Waals surface area contributed by atoms with E-state index in [2.05, 4.69) is 10.1 Å². The van der Waals surface area contributed by atoms with Crippen LogP contribution < -0.4 is 5.32 Å². The Balaban J connectivity index is 2.28. The van der Waals surface area contributed by atoms with Crippen molar-refractivity contribution in [1.82, 2.24) is 5.32 Å². The fourth-order valence-electron chi connectivity index (χ4n) is 1.63. The number of esters is 1. The predicted molar refractivity (Wildman–Crippen MR) is 86.8 cm³/mol. The average Bonchev–Trinajstić information content (AvgIpc) is 2.46. The highest BCUT2D eigenvalue weighted by atomic mass is 32.2. The van der Waals surface area contributed by atoms with Gasteiger partial charge in [-0.2, -0.15) is 0 Å². The van der Waals surface area contributed by atoms with Crippen LogP contribution >= 0.6 is 11.8 Å². The predicted octanol–water partition coefficient (Wildman–Crippen LogP) is 2.85. The summed E-state index contributed by atoms with van der Waals surface area (Å²) in [6.45, 7) is 3.25. The molecule has 0 aromatic heterocycles. The third-order valence-corrected chi connectivity index (χ3v) is 3.52. The highest BCUT2D eigenvalue weighted by molar-refractivity contribution is 8.02. The summed E-state index contributed by atoms with van der Waals surface area (Å²) in [6, 6.07) is 9.96. The Morgan fingerprint density at radius 2 is 1.95 bits per heavy atom. The van der Waals surface area contributed by atoms with Crippen LogP contribution in [0.2, 0.25) is 0 Å². The lowest BCUT2D eigenvalue weighted by Crippen LogP contribution is -2.50. The molecular formula is C16H21NO3S. The van der Waals surface area contributed by atoms with Crippen molar-refractivity contribution in [1.29, 1.82) is 0 Å². The highest BCUT2D eigenvalue weighted by Gasteiger charge is 2.29. The number of methoxy groups -OCH3 is 1. The quantitative estimate of drug-likeness (QED) is 0.621. The van der Waals surface area contributed by atoms with Crippen LogP contribution in [0.1, 0.15) is 25.8 Å². The lowest BCUT2D eigenvalue weighted by atomic mass is 10.1. The number of carbonyl (C=O) groups is 2. The zero-order valence-corrected chi connectivity index (χ0v) is 13.4. The molecule has 114 valence electrons. The Bertz CT molecular complexity index is 498. The van der Waals surface area contributed by atoms with Crippen LogP contribution in [0.3, 0.4) is 0 Å². The van der Waals surface area contributed by atoms with Crippen LogP contribution in [0.5, 0.6) is 0 Å². The lowest BCUT2D eigenvalue weighted by molar-refractivity contribution is -0.149. The molecule has 0 saturated heterocycles. The minimum absolute atomic E-state index is 0.161. The van der Waals surface area contributed by atoms with E-state index in [9.17, 15) is 9.59 Å². The molecule has 1 rings (SSSR count). The Kier molecular flexibility index (Phi) is 7.02. The second kappa shape index (κ2) is 8.52. The van der Waals surface area contributed by atoms with Crippen molar-refractivity contribution in [3.63, 3.8) is 0 Å². The summed E-state index contributed by atoms with van der Waals surface area (Å²) in [6.07, 6.45) is 2.35. The van der Waals surface area contributed by atoms with Crippen LogP contribution in [0.25, 0.3) is 6.08 Å². The van der Waals surface area contributed by atoms with Crippen molar-refractivity contribution in [2.75, 3.05) is 12.9 Å². The summed E-state index contributed by atoms with van der Waals surface area (Å²) in [5.74, 6) is 0.0466. The number of benzene rings is 1. The molecule has 0 saturated carbocycles. The van der Waals surface area contributed by atoms with Crippen molar-refractivity contribution in [3.05, 3.63) is 41.3 Å². The molecule has 0 radical (unpaired) electrons. The molecule has 0 bridgehead atoms. The van der Waals surface area contributed by atoms with E-state index >= 15 is 0 Å². The van der Waals surface area contributed by atoms with Crippen LogP contribution in [0, 0.1) is 0 Å². The Labute approximate surface area is 130 Å². The largest absolute Gasteiger partial charge is 0.467 e. The molecule has 0 aliphatic carbocycles. The number of ether oxygens (including phenoxy) is 1. The number of carbonyl (C=O) groups excluding carboxylic acids is 2. The zero-order chi connectivity index (χ0) is 15.7. The van der Waals surface area contributed by atoms with E-state index in [0.717, 1.165) is 5.56 Å². The molecule has 1 N–H and O–H groups in total. The Morgan fingerprint density at radius 1 is 1.29 bits per heavy atom. The first kappa shape index (κ1) is 17.3. The van der Waals surface area contributed by atoms with E-state index < -0.39 is 11.5 Å². The van der Waals surface area contributed by atoms with E-state index in [1.165, 1.54) is 7.11 Å². The van der Waals surface area contributed by atoms with Gasteiger partial charge in [-0.15, -0.1) is 11.8 Å². The number of hydrogen-bond acceptors (Lipinski definition) is 4. The third kappa shape index (κ3) is 6.49. The first-order valence-electron chi connectivity index (χ1n) is 6.68. The molecule has 5 heteroatoms. The summed E-state index contributed by atoms with van der Waals surface area (Å²) in [4.78, 5) is 23.2. The van der Waals surface area contributed by atoms with E-state index in [4.69, 9.17) is 0 Å². The molecule has 1 amide bonds. The van der Waals surface area contributed by atoms with Crippen LogP contribution in [-0.4, -0.2) is 30.3 Å². The maximum Gasteiger partial charge on any atom is 0.330 e. The van der Waals surface area contributed by atoms with Crippen molar-refractivity contribution in [2.45, 2.75) is 25.8 Å². The van der Waals surface area contributed by atoms with Gasteiger partial charge < -0.3 is 10.1 Å². The molecule has 1 aromatic carbocycles. The molecular weight excluding hydrogens is 286 g/mol. The molecule has 0 spiro atoms. The average molecular weight is 307 g/mol. The maximum atomic E-state index is 11.8. The smallest absolute Gasteiger partial charge is 0.330 e. The molecule has 0 heterocycles. The number of hydrogen-bond donors (Lipinski definition) is 1. The van der Waals surface area contributed by atoms with Crippen LogP contribution in [0.15, 0.2) is 35.7 Å². The molecule has 0 aliphatic heterocycles. The minimum Gasteiger partial charge on any atom is -0.467 e. The van der Waals surface area contributed by atoms with Gasteiger partial charge in [0.2, 0.25) is 5.91 Å². The highest BCUT2D eigenvalue weighted by Crippen LogP contribution is 2.10. The summed E-state index contributed by atoms with van der Waals surface area (Å²) in [5.41, 5.74) is 0.136. The first-order valence-corrected chi connectivity index (χ1v) is 7.73. The normalized spacial score (nSPS) is 11.4. The van der Waals surface area contributed by atoms with Crippen molar-refractivity contribution >= 4 is 29.7 Å². The van der Waals surface area contributed by atoms with Gasteiger partial charge in [0.05, 0.1) is 7.11 Å². The van der Waals surface area contributed by atoms with Crippen LogP contribution in [-0.2, 0) is 14.3 Å². The molecule has 4 nitrogen and oxygen atoms in total. The number of thioether (sulfide) groups is 1. The Hall–Kier alpha value is -1.75. The number of amides is 1. The van der Waals surface area contributed by atoms with E-state index in [1.807, 2.05) is 41.8 Å². The van der Waals surface area contributed by atoms with Gasteiger partial charge >= 0.3 is 5.97 Å². The molecule has 0 fully saturated rings. The maximum absolute atomic E-state index is 11.8. The van der Waals surface area contributed by atoms with Gasteiger partial charge in [-0.1, -0.05) is 30.3 Å². The van der Waals surface area contributed by atoms with Gasteiger partial charge in [0, 0.05) is 12.2 Å². The summed E-state index contributed by atoms with van der Waals surface area (Å²) in [7, 11) is 1.31. The molecule has 1 aromatic rings. The third-order valence-electron chi connectivity index (χ3n) is 2.75. The van der Waals surface area contributed by atoms with E-state index in [1.54, 1.807) is 25.6 Å². The van der Waals surface area contributed by atoms with Crippen molar-refractivity contribution in [2.24, 2.45) is 0 Å². The monoisotopic (exact) mass is 307 g/mol. The summed E-state index contributed by atoms with van der Waals surface area (Å²) in [5, 5.41) is 4.63. The first-order chi connectivity index (χ1) is 9.95. The van der Waals surface area contributed by atoms with Gasteiger partial charge in [0.1, 0.15) is 5.54 Å². The van der Waals surface area contributed by atoms with Gasteiger partial charge in [-0.05, 0) is 30.9 Å². The van der Waals surface area contributed by atoms with Gasteiger partial charge in [0.15, 0.2) is 0 Å². The van der Waals surface area contributed by atoms with Crippen LogP contribution in [0.4, 0.5) is 0 Å². The van der Waals surface area contributed by atoms with Crippen molar-refractivity contribution in [3.8, 4) is 0 Å². The standard InChI is InChI=1S/C16H21NO3S/c1-16(2,15(19)20-3)17-14(18)10-12-21-11-9-13-7-5-4-6-8-13/h4-9,11H,10,12H2,1-3H3,(H,17,18)/b11-9-.